The van der Waals surface area contributed by atoms with Gasteiger partial charge in [-0.15, -0.1) is 0 Å². The Balaban J connectivity index is 5.07. The Morgan fingerprint density at radius 1 is 0.903 bits per heavy atom. The average molecular weight is 462 g/mol. The zero-order chi connectivity index (χ0) is 24.1. The summed E-state index contributed by atoms with van der Waals surface area (Å²) >= 11 is 1.55. The Morgan fingerprint density at radius 3 is 1.97 bits per heavy atom. The summed E-state index contributed by atoms with van der Waals surface area (Å²) < 4.78 is 0. The number of amides is 4. The molecule has 0 rings (SSSR count). The van der Waals surface area contributed by atoms with E-state index in [4.69, 9.17) is 11.5 Å². The molecular formula is C19H35N5O6S. The quantitative estimate of drug-likeness (QED) is 0.177. The monoisotopic (exact) mass is 461 g/mol. The van der Waals surface area contributed by atoms with Crippen LogP contribution >= 0.6 is 11.8 Å². The fourth-order valence-electron chi connectivity index (χ4n) is 2.58. The second-order valence-corrected chi connectivity index (χ2v) is 8.70. The summed E-state index contributed by atoms with van der Waals surface area (Å²) in [6.07, 6.45) is 2.22. The van der Waals surface area contributed by atoms with Crippen molar-refractivity contribution in [2.75, 3.05) is 12.0 Å². The highest BCUT2D eigenvalue weighted by Gasteiger charge is 2.29. The molecule has 11 nitrogen and oxygen atoms in total. The molecular weight excluding hydrogens is 426 g/mol. The second-order valence-electron chi connectivity index (χ2n) is 7.71. The molecule has 0 saturated carbocycles. The lowest BCUT2D eigenvalue weighted by molar-refractivity contribution is -0.142. The lowest BCUT2D eigenvalue weighted by atomic mass is 10.0. The summed E-state index contributed by atoms with van der Waals surface area (Å²) in [5.74, 6) is -3.07. The van der Waals surface area contributed by atoms with Crippen LogP contribution in [0.4, 0.5) is 0 Å². The van der Waals surface area contributed by atoms with Gasteiger partial charge in [0.05, 0.1) is 6.04 Å². The lowest BCUT2D eigenvalue weighted by Gasteiger charge is -2.24. The molecule has 12 heteroatoms. The van der Waals surface area contributed by atoms with Gasteiger partial charge in [-0.3, -0.25) is 19.2 Å². The standard InChI is InChI=1S/C19H35N5O6S/c1-10(2)9-14(18(28)23-13(19(29)30)5-6-15(21)25)24-16(26)11(3)22-17(27)12(20)7-8-31-4/h10-14H,5-9,20H2,1-4H3,(H2,21,25)(H,22,27)(H,23,28)(H,24,26)(H,29,30). The van der Waals surface area contributed by atoms with Gasteiger partial charge >= 0.3 is 5.97 Å². The van der Waals surface area contributed by atoms with Crippen molar-refractivity contribution in [2.45, 2.75) is 70.6 Å². The van der Waals surface area contributed by atoms with Crippen LogP contribution in [0, 0.1) is 5.92 Å². The maximum Gasteiger partial charge on any atom is 0.326 e. The van der Waals surface area contributed by atoms with Crippen molar-refractivity contribution in [1.29, 1.82) is 0 Å². The first-order valence-electron chi connectivity index (χ1n) is 10.1. The first-order chi connectivity index (χ1) is 14.4. The number of nitrogens with one attached hydrogen (secondary N) is 3. The zero-order valence-electron chi connectivity index (χ0n) is 18.5. The molecule has 0 aliphatic rings. The van der Waals surface area contributed by atoms with Crippen molar-refractivity contribution in [3.8, 4) is 0 Å². The summed E-state index contributed by atoms with van der Waals surface area (Å²) in [5.41, 5.74) is 10.8. The molecule has 4 atom stereocenters. The summed E-state index contributed by atoms with van der Waals surface area (Å²) in [4.78, 5) is 59.5. The third-order valence-corrected chi connectivity index (χ3v) is 5.00. The summed E-state index contributed by atoms with van der Waals surface area (Å²) in [5, 5.41) is 16.7. The van der Waals surface area contributed by atoms with Crippen LogP contribution in [-0.2, 0) is 24.0 Å². The molecule has 4 unspecified atom stereocenters. The van der Waals surface area contributed by atoms with Crippen molar-refractivity contribution < 1.29 is 29.1 Å². The molecule has 0 heterocycles. The maximum absolute atomic E-state index is 12.6. The van der Waals surface area contributed by atoms with Crippen molar-refractivity contribution in [2.24, 2.45) is 17.4 Å². The first-order valence-corrected chi connectivity index (χ1v) is 11.4. The van der Waals surface area contributed by atoms with Gasteiger partial charge in [0.25, 0.3) is 0 Å². The van der Waals surface area contributed by atoms with E-state index in [1.54, 1.807) is 11.8 Å². The molecule has 0 aromatic carbocycles. The van der Waals surface area contributed by atoms with E-state index in [0.29, 0.717) is 12.2 Å². The van der Waals surface area contributed by atoms with Crippen LogP contribution in [0.2, 0.25) is 0 Å². The highest BCUT2D eigenvalue weighted by Crippen LogP contribution is 2.07. The SMILES string of the molecule is CSCCC(N)C(=O)NC(C)C(=O)NC(CC(C)C)C(=O)NC(CCC(N)=O)C(=O)O. The van der Waals surface area contributed by atoms with E-state index in [1.807, 2.05) is 20.1 Å². The van der Waals surface area contributed by atoms with Gasteiger partial charge in [-0.25, -0.2) is 4.79 Å². The predicted molar refractivity (Wildman–Crippen MR) is 118 cm³/mol. The van der Waals surface area contributed by atoms with Crippen LogP contribution in [0.1, 0.15) is 46.5 Å². The van der Waals surface area contributed by atoms with Crippen LogP contribution < -0.4 is 27.4 Å². The van der Waals surface area contributed by atoms with E-state index in [-0.39, 0.29) is 25.2 Å². The molecule has 0 bridgehead atoms. The minimum absolute atomic E-state index is 0.00908. The van der Waals surface area contributed by atoms with Gasteiger partial charge < -0.3 is 32.5 Å². The van der Waals surface area contributed by atoms with Crippen molar-refractivity contribution in [3.05, 3.63) is 0 Å². The van der Waals surface area contributed by atoms with Crippen LogP contribution in [0.25, 0.3) is 0 Å². The number of carboxylic acids is 1. The summed E-state index contributed by atoms with van der Waals surface area (Å²) in [6.45, 7) is 5.14. The molecule has 178 valence electrons. The Labute approximate surface area is 186 Å². The Kier molecular flexibility index (Phi) is 13.5. The number of thioether (sulfide) groups is 1. The highest BCUT2D eigenvalue weighted by atomic mass is 32.2. The molecule has 0 radical (unpaired) electrons. The van der Waals surface area contributed by atoms with E-state index in [2.05, 4.69) is 16.0 Å². The van der Waals surface area contributed by atoms with Crippen molar-refractivity contribution in [1.82, 2.24) is 16.0 Å². The maximum atomic E-state index is 12.6. The normalized spacial score (nSPS) is 14.8. The van der Waals surface area contributed by atoms with Crippen LogP contribution in [-0.4, -0.2) is 70.9 Å². The van der Waals surface area contributed by atoms with E-state index >= 15 is 0 Å². The van der Waals surface area contributed by atoms with Gasteiger partial charge in [-0.1, -0.05) is 13.8 Å². The molecule has 0 spiro atoms. The minimum atomic E-state index is -1.32. The van der Waals surface area contributed by atoms with Gasteiger partial charge in [0.15, 0.2) is 0 Å². The number of aliphatic carboxylic acids is 1. The van der Waals surface area contributed by atoms with Gasteiger partial charge in [0, 0.05) is 6.42 Å². The topological polar surface area (TPSA) is 194 Å². The number of primary amides is 1. The van der Waals surface area contributed by atoms with E-state index in [0.717, 1.165) is 0 Å². The van der Waals surface area contributed by atoms with Crippen LogP contribution in [0.3, 0.4) is 0 Å². The van der Waals surface area contributed by atoms with Gasteiger partial charge in [0.2, 0.25) is 23.6 Å². The van der Waals surface area contributed by atoms with E-state index < -0.39 is 53.8 Å². The average Bonchev–Trinajstić information content (AvgIpc) is 2.67. The Bertz CT molecular complexity index is 645. The van der Waals surface area contributed by atoms with Crippen molar-refractivity contribution >= 4 is 41.4 Å². The zero-order valence-corrected chi connectivity index (χ0v) is 19.3. The number of carboxylic acid groups (broad SMARTS) is 1. The molecule has 4 amide bonds. The van der Waals surface area contributed by atoms with Gasteiger partial charge in [0.1, 0.15) is 18.1 Å². The smallest absolute Gasteiger partial charge is 0.326 e. The number of hydrogen-bond acceptors (Lipinski definition) is 7. The third kappa shape index (κ3) is 12.2. The molecule has 31 heavy (non-hydrogen) atoms. The molecule has 0 aliphatic carbocycles. The molecule has 0 aromatic heterocycles. The predicted octanol–water partition coefficient (Wildman–Crippen LogP) is -1.06. The number of carbonyl (C=O) groups is 5. The number of nitrogens with two attached hydrogens (primary N) is 2. The first kappa shape index (κ1) is 28.7. The van der Waals surface area contributed by atoms with Crippen LogP contribution in [0.15, 0.2) is 0 Å². The number of rotatable bonds is 15. The fourth-order valence-corrected chi connectivity index (χ4v) is 3.07. The van der Waals surface area contributed by atoms with Crippen LogP contribution in [0.5, 0.6) is 0 Å². The Hall–Kier alpha value is -2.34. The molecule has 8 N–H and O–H groups in total. The van der Waals surface area contributed by atoms with Crippen molar-refractivity contribution in [3.63, 3.8) is 0 Å². The fraction of sp³-hybridized carbons (Fsp3) is 0.737. The lowest BCUT2D eigenvalue weighted by Crippen LogP contribution is -2.56. The van der Waals surface area contributed by atoms with E-state index in [1.165, 1.54) is 6.92 Å². The number of carbonyl (C=O) groups excluding carboxylic acids is 4. The van der Waals surface area contributed by atoms with Gasteiger partial charge in [-0.05, 0) is 44.1 Å². The molecule has 0 aromatic rings. The largest absolute Gasteiger partial charge is 0.480 e. The van der Waals surface area contributed by atoms with Gasteiger partial charge in [-0.2, -0.15) is 11.8 Å². The molecule has 0 saturated heterocycles. The minimum Gasteiger partial charge on any atom is -0.480 e. The highest BCUT2D eigenvalue weighted by molar-refractivity contribution is 7.98. The molecule has 0 fully saturated rings. The summed E-state index contributed by atoms with van der Waals surface area (Å²) in [7, 11) is 0. The second kappa shape index (κ2) is 14.6. The summed E-state index contributed by atoms with van der Waals surface area (Å²) in [6, 6.07) is -4.04. The Morgan fingerprint density at radius 2 is 1.48 bits per heavy atom. The van der Waals surface area contributed by atoms with E-state index in [9.17, 15) is 29.1 Å². The molecule has 0 aliphatic heterocycles. The third-order valence-electron chi connectivity index (χ3n) is 4.36. The number of hydrogen-bond donors (Lipinski definition) is 6.